The Morgan fingerprint density at radius 1 is 1.04 bits per heavy atom. The number of unbranched alkanes of at least 4 members (excludes halogenated alkanes) is 5. The highest BCUT2D eigenvalue weighted by Crippen LogP contribution is 2.19. The van der Waals surface area contributed by atoms with Crippen molar-refractivity contribution < 1.29 is 13.2 Å². The Labute approximate surface area is 164 Å². The van der Waals surface area contributed by atoms with Crippen molar-refractivity contribution in [2.45, 2.75) is 51.9 Å². The highest BCUT2D eigenvalue weighted by molar-refractivity contribution is 7.92. The zero-order chi connectivity index (χ0) is 19.7. The van der Waals surface area contributed by atoms with E-state index in [4.69, 9.17) is 0 Å². The molecule has 0 aliphatic carbocycles. The summed E-state index contributed by atoms with van der Waals surface area (Å²) in [6, 6.07) is 6.20. The van der Waals surface area contributed by atoms with Crippen LogP contribution in [0.25, 0.3) is 0 Å². The van der Waals surface area contributed by atoms with E-state index in [9.17, 15) is 13.2 Å². The minimum Gasteiger partial charge on any atom is -0.296 e. The minimum absolute atomic E-state index is 0.303. The normalized spacial score (nSPS) is 11.3. The number of anilines is 2. The van der Waals surface area contributed by atoms with Crippen LogP contribution in [0.4, 0.5) is 10.8 Å². The molecule has 1 aromatic heterocycles. The van der Waals surface area contributed by atoms with E-state index in [0.29, 0.717) is 16.4 Å². The Morgan fingerprint density at radius 2 is 1.70 bits per heavy atom. The van der Waals surface area contributed by atoms with Gasteiger partial charge in [-0.15, -0.1) is 10.2 Å². The molecule has 148 valence electrons. The lowest BCUT2D eigenvalue weighted by Gasteiger charge is -2.05. The van der Waals surface area contributed by atoms with Crippen molar-refractivity contribution >= 4 is 38.1 Å². The molecule has 2 N–H and O–H groups in total. The standard InChI is InChI=1S/C18H26N4O3S2/c1-3-4-5-6-7-8-9-16-20-21-18(26-16)19-17(23)14-10-12-15(13-11-14)22-27(2,24)25/h10-13,22H,3-9H2,1-2H3,(H,19,21,23). The summed E-state index contributed by atoms with van der Waals surface area (Å²) in [4.78, 5) is 12.3. The third-order valence-electron chi connectivity index (χ3n) is 3.88. The van der Waals surface area contributed by atoms with Crippen molar-refractivity contribution in [3.05, 3.63) is 34.8 Å². The number of rotatable bonds is 11. The van der Waals surface area contributed by atoms with Gasteiger partial charge in [0.05, 0.1) is 6.26 Å². The van der Waals surface area contributed by atoms with Gasteiger partial charge in [-0.3, -0.25) is 14.8 Å². The van der Waals surface area contributed by atoms with E-state index in [2.05, 4.69) is 27.2 Å². The number of aromatic nitrogens is 2. The van der Waals surface area contributed by atoms with E-state index < -0.39 is 10.0 Å². The molecule has 0 aliphatic rings. The van der Waals surface area contributed by atoms with Gasteiger partial charge < -0.3 is 0 Å². The molecule has 9 heteroatoms. The SMILES string of the molecule is CCCCCCCCc1nnc(NC(=O)c2ccc(NS(C)(=O)=O)cc2)s1. The molecular weight excluding hydrogens is 384 g/mol. The zero-order valence-corrected chi connectivity index (χ0v) is 17.3. The number of nitrogens with one attached hydrogen (secondary N) is 2. The second kappa shape index (κ2) is 10.4. The largest absolute Gasteiger partial charge is 0.296 e. The predicted molar refractivity (Wildman–Crippen MR) is 110 cm³/mol. The van der Waals surface area contributed by atoms with Gasteiger partial charge in [-0.05, 0) is 30.7 Å². The van der Waals surface area contributed by atoms with Crippen LogP contribution in [0, 0.1) is 0 Å². The number of benzene rings is 1. The molecule has 0 saturated heterocycles. The van der Waals surface area contributed by atoms with Crippen LogP contribution < -0.4 is 10.0 Å². The van der Waals surface area contributed by atoms with Crippen LogP contribution in [0.3, 0.4) is 0 Å². The van der Waals surface area contributed by atoms with Crippen molar-refractivity contribution in [1.29, 1.82) is 0 Å². The van der Waals surface area contributed by atoms with E-state index in [1.165, 1.54) is 43.4 Å². The fourth-order valence-electron chi connectivity index (χ4n) is 2.53. The quantitative estimate of drug-likeness (QED) is 0.544. The maximum Gasteiger partial charge on any atom is 0.257 e. The highest BCUT2D eigenvalue weighted by atomic mass is 32.2. The number of sulfonamides is 1. The lowest BCUT2D eigenvalue weighted by atomic mass is 10.1. The fraction of sp³-hybridized carbons (Fsp3) is 0.500. The van der Waals surface area contributed by atoms with Gasteiger partial charge >= 0.3 is 0 Å². The second-order valence-electron chi connectivity index (χ2n) is 6.42. The van der Waals surface area contributed by atoms with Gasteiger partial charge in [0.25, 0.3) is 5.91 Å². The molecule has 0 aliphatic heterocycles. The lowest BCUT2D eigenvalue weighted by molar-refractivity contribution is 0.102. The first-order chi connectivity index (χ1) is 12.9. The maximum atomic E-state index is 12.3. The maximum absolute atomic E-state index is 12.3. The third-order valence-corrected chi connectivity index (χ3v) is 5.39. The summed E-state index contributed by atoms with van der Waals surface area (Å²) in [7, 11) is -3.34. The molecule has 7 nitrogen and oxygen atoms in total. The highest BCUT2D eigenvalue weighted by Gasteiger charge is 2.11. The minimum atomic E-state index is -3.34. The number of nitrogens with zero attached hydrogens (tertiary/aromatic N) is 2. The topological polar surface area (TPSA) is 101 Å². The van der Waals surface area contributed by atoms with Crippen molar-refractivity contribution in [2.75, 3.05) is 16.3 Å². The van der Waals surface area contributed by atoms with Crippen LogP contribution >= 0.6 is 11.3 Å². The second-order valence-corrected chi connectivity index (χ2v) is 9.23. The van der Waals surface area contributed by atoms with Crippen LogP contribution in [0.5, 0.6) is 0 Å². The van der Waals surface area contributed by atoms with Gasteiger partial charge in [0.2, 0.25) is 15.2 Å². The molecule has 2 aromatic rings. The van der Waals surface area contributed by atoms with Crippen molar-refractivity contribution in [2.24, 2.45) is 0 Å². The summed E-state index contributed by atoms with van der Waals surface area (Å²) in [6.45, 7) is 2.21. The molecule has 0 unspecified atom stereocenters. The summed E-state index contributed by atoms with van der Waals surface area (Å²) in [5.74, 6) is -0.303. The first kappa shape index (κ1) is 21.3. The summed E-state index contributed by atoms with van der Waals surface area (Å²) in [5, 5.41) is 12.3. The average molecular weight is 411 g/mol. The van der Waals surface area contributed by atoms with Gasteiger partial charge in [-0.1, -0.05) is 50.4 Å². The molecule has 27 heavy (non-hydrogen) atoms. The number of amides is 1. The molecule has 0 fully saturated rings. The van der Waals surface area contributed by atoms with Gasteiger partial charge in [0.15, 0.2) is 0 Å². The van der Waals surface area contributed by atoms with Crippen LogP contribution in [0.1, 0.15) is 60.8 Å². The van der Waals surface area contributed by atoms with E-state index in [1.54, 1.807) is 24.3 Å². The smallest absolute Gasteiger partial charge is 0.257 e. The van der Waals surface area contributed by atoms with Gasteiger partial charge in [-0.25, -0.2) is 8.42 Å². The lowest BCUT2D eigenvalue weighted by Crippen LogP contribution is -2.12. The molecule has 0 spiro atoms. The Hall–Kier alpha value is -2.00. The summed E-state index contributed by atoms with van der Waals surface area (Å²) in [5.41, 5.74) is 0.827. The number of aryl methyl sites for hydroxylation is 1. The van der Waals surface area contributed by atoms with Gasteiger partial charge in [-0.2, -0.15) is 0 Å². The van der Waals surface area contributed by atoms with Gasteiger partial charge in [0.1, 0.15) is 5.01 Å². The number of carbonyl (C=O) groups is 1. The van der Waals surface area contributed by atoms with E-state index in [0.717, 1.165) is 24.1 Å². The molecule has 0 atom stereocenters. The Kier molecular flexibility index (Phi) is 8.18. The molecule has 1 heterocycles. The van der Waals surface area contributed by atoms with E-state index >= 15 is 0 Å². The number of hydrogen-bond donors (Lipinski definition) is 2. The predicted octanol–water partition coefficient (Wildman–Crippen LogP) is 4.06. The van der Waals surface area contributed by atoms with E-state index in [1.807, 2.05) is 0 Å². The molecule has 1 amide bonds. The molecule has 0 saturated carbocycles. The zero-order valence-electron chi connectivity index (χ0n) is 15.7. The fourth-order valence-corrected chi connectivity index (χ4v) is 3.88. The molecule has 1 aromatic carbocycles. The Morgan fingerprint density at radius 3 is 2.37 bits per heavy atom. The van der Waals surface area contributed by atoms with Crippen molar-refractivity contribution in [1.82, 2.24) is 10.2 Å². The summed E-state index contributed by atoms with van der Waals surface area (Å²) in [6.07, 6.45) is 9.30. The van der Waals surface area contributed by atoms with E-state index in [-0.39, 0.29) is 5.91 Å². The first-order valence-electron chi connectivity index (χ1n) is 9.09. The van der Waals surface area contributed by atoms with Gasteiger partial charge in [0, 0.05) is 17.7 Å². The average Bonchev–Trinajstić information content (AvgIpc) is 3.04. The Bertz CT molecular complexity index is 833. The molecule has 0 bridgehead atoms. The van der Waals surface area contributed by atoms with Crippen molar-refractivity contribution in [3.63, 3.8) is 0 Å². The third kappa shape index (κ3) is 8.04. The Balaban J connectivity index is 1.81. The monoisotopic (exact) mass is 410 g/mol. The number of hydrogen-bond acceptors (Lipinski definition) is 6. The molecule has 2 rings (SSSR count). The molecular formula is C18H26N4O3S2. The summed E-state index contributed by atoms with van der Waals surface area (Å²) >= 11 is 1.39. The summed E-state index contributed by atoms with van der Waals surface area (Å²) < 4.78 is 24.8. The van der Waals surface area contributed by atoms with Crippen LogP contribution in [0.2, 0.25) is 0 Å². The van der Waals surface area contributed by atoms with Crippen LogP contribution in [-0.4, -0.2) is 30.8 Å². The first-order valence-corrected chi connectivity index (χ1v) is 11.8. The van der Waals surface area contributed by atoms with Crippen LogP contribution in [-0.2, 0) is 16.4 Å². The van der Waals surface area contributed by atoms with Crippen molar-refractivity contribution in [3.8, 4) is 0 Å². The molecule has 0 radical (unpaired) electrons. The number of carbonyl (C=O) groups excluding carboxylic acids is 1. The van der Waals surface area contributed by atoms with Crippen LogP contribution in [0.15, 0.2) is 24.3 Å².